The smallest absolute Gasteiger partial charge is 0.102 e. The van der Waals surface area contributed by atoms with Gasteiger partial charge in [0.25, 0.3) is 0 Å². The summed E-state index contributed by atoms with van der Waals surface area (Å²) in [5, 5.41) is 27.6. The monoisotopic (exact) mass is 237 g/mol. The normalized spacial score (nSPS) is 9.28. The van der Waals surface area contributed by atoms with E-state index in [2.05, 4.69) is 12.1 Å². The zero-order valence-electron chi connectivity index (χ0n) is 10.7. The van der Waals surface area contributed by atoms with Gasteiger partial charge in [-0.1, -0.05) is 32.8 Å². The molecule has 0 N–H and O–H groups in total. The molecule has 1 rings (SSSR count). The first-order chi connectivity index (χ1) is 8.73. The molecule has 0 spiro atoms. The van der Waals surface area contributed by atoms with E-state index in [-0.39, 0.29) is 5.56 Å². The maximum Gasteiger partial charge on any atom is 0.102 e. The molecule has 3 heteroatoms. The number of aryl methyl sites for hydroxylation is 2. The quantitative estimate of drug-likeness (QED) is 0.807. The zero-order valence-corrected chi connectivity index (χ0v) is 10.7. The fourth-order valence-corrected chi connectivity index (χ4v) is 2.10. The molecule has 0 fully saturated rings. The molecule has 0 bridgehead atoms. The Morgan fingerprint density at radius 1 is 0.778 bits per heavy atom. The van der Waals surface area contributed by atoms with E-state index >= 15 is 0 Å². The Labute approximate surface area is 108 Å². The summed E-state index contributed by atoms with van der Waals surface area (Å²) >= 11 is 0. The lowest BCUT2D eigenvalue weighted by atomic mass is 9.89. The second-order valence-electron chi connectivity index (χ2n) is 4.16. The van der Waals surface area contributed by atoms with Gasteiger partial charge in [0, 0.05) is 0 Å². The van der Waals surface area contributed by atoms with Crippen molar-refractivity contribution in [3.8, 4) is 18.2 Å². The molecule has 0 radical (unpaired) electrons. The average Bonchev–Trinajstić information content (AvgIpc) is 2.38. The molecule has 0 aliphatic heterocycles. The first kappa shape index (κ1) is 13.8. The maximum absolute atomic E-state index is 9.19. The summed E-state index contributed by atoms with van der Waals surface area (Å²) in [5.41, 5.74) is 2.76. The molecule has 0 aromatic heterocycles. The fraction of sp³-hybridized carbons (Fsp3) is 0.400. The van der Waals surface area contributed by atoms with Crippen LogP contribution in [0.2, 0.25) is 0 Å². The summed E-state index contributed by atoms with van der Waals surface area (Å²) in [6.45, 7) is 4.07. The van der Waals surface area contributed by atoms with E-state index in [4.69, 9.17) is 0 Å². The number of hydrogen-bond donors (Lipinski definition) is 0. The SMILES string of the molecule is CCCc1cc(CCC)c(C#N)c(C#N)c1C#N. The van der Waals surface area contributed by atoms with Gasteiger partial charge in [-0.15, -0.1) is 0 Å². The first-order valence-corrected chi connectivity index (χ1v) is 6.12. The van der Waals surface area contributed by atoms with Gasteiger partial charge in [0.15, 0.2) is 0 Å². The minimum Gasteiger partial charge on any atom is -0.192 e. The predicted molar refractivity (Wildman–Crippen MR) is 68.6 cm³/mol. The second-order valence-corrected chi connectivity index (χ2v) is 4.16. The van der Waals surface area contributed by atoms with Gasteiger partial charge in [0.2, 0.25) is 0 Å². The average molecular weight is 237 g/mol. The predicted octanol–water partition coefficient (Wildman–Crippen LogP) is 3.21. The lowest BCUT2D eigenvalue weighted by Crippen LogP contribution is -2.02. The topological polar surface area (TPSA) is 71.4 Å². The van der Waals surface area contributed by atoms with Crippen molar-refractivity contribution in [2.24, 2.45) is 0 Å². The summed E-state index contributed by atoms with van der Waals surface area (Å²) in [5.74, 6) is 0. The number of nitrogens with zero attached hydrogens (tertiary/aromatic N) is 3. The lowest BCUT2D eigenvalue weighted by molar-refractivity contribution is 0.888. The molecule has 90 valence electrons. The number of hydrogen-bond acceptors (Lipinski definition) is 3. The van der Waals surface area contributed by atoms with Gasteiger partial charge < -0.3 is 0 Å². The molecule has 0 heterocycles. The number of rotatable bonds is 4. The van der Waals surface area contributed by atoms with Crippen molar-refractivity contribution in [1.82, 2.24) is 0 Å². The van der Waals surface area contributed by atoms with Crippen LogP contribution in [-0.2, 0) is 12.8 Å². The molecule has 0 aliphatic rings. The van der Waals surface area contributed by atoms with Crippen LogP contribution >= 0.6 is 0 Å². The van der Waals surface area contributed by atoms with Crippen molar-refractivity contribution in [2.45, 2.75) is 39.5 Å². The van der Waals surface area contributed by atoms with Crippen molar-refractivity contribution in [1.29, 1.82) is 15.8 Å². The van der Waals surface area contributed by atoms with Gasteiger partial charge >= 0.3 is 0 Å². The van der Waals surface area contributed by atoms with E-state index in [0.717, 1.165) is 36.8 Å². The van der Waals surface area contributed by atoms with Gasteiger partial charge in [-0.25, -0.2) is 0 Å². The van der Waals surface area contributed by atoms with Crippen LogP contribution in [0.4, 0.5) is 0 Å². The Morgan fingerprint density at radius 3 is 1.44 bits per heavy atom. The molecule has 1 aromatic rings. The van der Waals surface area contributed by atoms with Crippen molar-refractivity contribution in [3.63, 3.8) is 0 Å². The van der Waals surface area contributed by atoms with Gasteiger partial charge in [-0.05, 0) is 24.0 Å². The third-order valence-electron chi connectivity index (χ3n) is 2.86. The van der Waals surface area contributed by atoms with Crippen LogP contribution in [0.25, 0.3) is 0 Å². The minimum atomic E-state index is 0.245. The molecule has 0 saturated carbocycles. The molecule has 18 heavy (non-hydrogen) atoms. The van der Waals surface area contributed by atoms with Crippen LogP contribution in [0.3, 0.4) is 0 Å². The summed E-state index contributed by atoms with van der Waals surface area (Å²) in [7, 11) is 0. The van der Waals surface area contributed by atoms with Crippen LogP contribution in [0.5, 0.6) is 0 Å². The highest BCUT2D eigenvalue weighted by atomic mass is 14.3. The molecule has 0 aliphatic carbocycles. The molecule has 0 atom stereocenters. The van der Waals surface area contributed by atoms with Crippen LogP contribution in [0.15, 0.2) is 6.07 Å². The van der Waals surface area contributed by atoms with E-state index in [1.807, 2.05) is 26.0 Å². The Kier molecular flexibility index (Phi) is 4.91. The molecule has 0 amide bonds. The number of nitriles is 3. The van der Waals surface area contributed by atoms with E-state index in [0.29, 0.717) is 11.1 Å². The molecule has 3 nitrogen and oxygen atoms in total. The van der Waals surface area contributed by atoms with Crippen LogP contribution in [0.1, 0.15) is 54.5 Å². The largest absolute Gasteiger partial charge is 0.192 e. The van der Waals surface area contributed by atoms with Crippen molar-refractivity contribution in [2.75, 3.05) is 0 Å². The van der Waals surface area contributed by atoms with Crippen LogP contribution < -0.4 is 0 Å². The van der Waals surface area contributed by atoms with E-state index in [1.165, 1.54) is 0 Å². The summed E-state index contributed by atoms with van der Waals surface area (Å²) in [6, 6.07) is 8.08. The maximum atomic E-state index is 9.19. The summed E-state index contributed by atoms with van der Waals surface area (Å²) < 4.78 is 0. The van der Waals surface area contributed by atoms with Crippen molar-refractivity contribution >= 4 is 0 Å². The van der Waals surface area contributed by atoms with Crippen molar-refractivity contribution < 1.29 is 0 Å². The van der Waals surface area contributed by atoms with Gasteiger partial charge in [-0.3, -0.25) is 0 Å². The Bertz CT molecular complexity index is 523. The molecular formula is C15H15N3. The minimum absolute atomic E-state index is 0.245. The summed E-state index contributed by atoms with van der Waals surface area (Å²) in [6.07, 6.45) is 3.36. The highest BCUT2D eigenvalue weighted by molar-refractivity contribution is 5.61. The third kappa shape index (κ3) is 2.50. The molecule has 1 aromatic carbocycles. The van der Waals surface area contributed by atoms with E-state index in [9.17, 15) is 15.8 Å². The molecule has 0 unspecified atom stereocenters. The highest BCUT2D eigenvalue weighted by Crippen LogP contribution is 2.24. The standard InChI is InChI=1S/C15H15N3/c1-3-5-11-7-12(6-4-2)14(9-17)15(10-18)13(11)8-16/h7H,3-6H2,1-2H3. The van der Waals surface area contributed by atoms with Gasteiger partial charge in [0.05, 0.1) is 16.7 Å². The van der Waals surface area contributed by atoms with Crippen LogP contribution in [-0.4, -0.2) is 0 Å². The zero-order chi connectivity index (χ0) is 13.5. The Morgan fingerprint density at radius 2 is 1.17 bits per heavy atom. The van der Waals surface area contributed by atoms with Gasteiger partial charge in [-0.2, -0.15) is 15.8 Å². The van der Waals surface area contributed by atoms with E-state index < -0.39 is 0 Å². The van der Waals surface area contributed by atoms with Crippen LogP contribution in [0, 0.1) is 34.0 Å². The number of benzene rings is 1. The van der Waals surface area contributed by atoms with E-state index in [1.54, 1.807) is 0 Å². The lowest BCUT2D eigenvalue weighted by Gasteiger charge is -2.11. The third-order valence-corrected chi connectivity index (χ3v) is 2.86. The summed E-state index contributed by atoms with van der Waals surface area (Å²) in [4.78, 5) is 0. The van der Waals surface area contributed by atoms with Gasteiger partial charge in [0.1, 0.15) is 18.2 Å². The fourth-order valence-electron chi connectivity index (χ4n) is 2.10. The first-order valence-electron chi connectivity index (χ1n) is 6.12. The molecular weight excluding hydrogens is 222 g/mol. The second kappa shape index (κ2) is 6.43. The Hall–Kier alpha value is -2.31. The van der Waals surface area contributed by atoms with Crippen molar-refractivity contribution in [3.05, 3.63) is 33.9 Å². The molecule has 0 saturated heterocycles. The highest BCUT2D eigenvalue weighted by Gasteiger charge is 2.16. The Balaban J connectivity index is 3.60.